The fraction of sp³-hybridized carbons (Fsp3) is 0. The lowest BCUT2D eigenvalue weighted by molar-refractivity contribution is 1.13. The van der Waals surface area contributed by atoms with E-state index in [0.717, 1.165) is 101 Å². The number of pyridine rings is 1. The van der Waals surface area contributed by atoms with Crippen molar-refractivity contribution in [3.8, 4) is 5.69 Å². The maximum absolute atomic E-state index is 4.67. The van der Waals surface area contributed by atoms with Gasteiger partial charge in [-0.25, -0.2) is 0 Å². The normalized spacial score (nSPS) is 13.1. The minimum absolute atomic E-state index is 1.01. The van der Waals surface area contributed by atoms with Gasteiger partial charge in [0.2, 0.25) is 0 Å². The molecular weight excluding hydrogens is 1020 g/mol. The van der Waals surface area contributed by atoms with Gasteiger partial charge in [-0.2, -0.15) is 0 Å². The smallest absolute Gasteiger partial charge is 0.0725 e. The number of anilines is 12. The molecule has 2 aliphatic heterocycles. The zero-order valence-corrected chi connectivity index (χ0v) is 45.0. The van der Waals surface area contributed by atoms with Crippen molar-refractivity contribution in [2.45, 2.75) is 0 Å². The van der Waals surface area contributed by atoms with Crippen molar-refractivity contribution in [2.24, 2.45) is 0 Å². The van der Waals surface area contributed by atoms with E-state index in [9.17, 15) is 0 Å². The molecule has 0 fully saturated rings. The Morgan fingerprint density at radius 1 is 0.259 bits per heavy atom. The Hall–Kier alpha value is -10.3. The van der Waals surface area contributed by atoms with Gasteiger partial charge in [0.05, 0.1) is 101 Å². The van der Waals surface area contributed by atoms with Gasteiger partial charge in [-0.15, -0.1) is 22.7 Å². The Morgan fingerprint density at radius 2 is 0.642 bits per heavy atom. The summed E-state index contributed by atoms with van der Waals surface area (Å²) in [7, 11) is 0. The van der Waals surface area contributed by atoms with Crippen LogP contribution in [0.25, 0.3) is 89.4 Å². The van der Waals surface area contributed by atoms with Crippen LogP contribution < -0.4 is 19.6 Å². The van der Waals surface area contributed by atoms with Crippen molar-refractivity contribution in [1.82, 2.24) is 9.55 Å². The number of para-hydroxylation sites is 7. The monoisotopic (exact) mass is 1070 g/mol. The number of fused-ring (bicyclic) bond motifs is 15. The molecule has 81 heavy (non-hydrogen) atoms. The predicted molar refractivity (Wildman–Crippen MR) is 345 cm³/mol. The van der Waals surface area contributed by atoms with Gasteiger partial charge >= 0.3 is 0 Å². The predicted octanol–water partition coefficient (Wildman–Crippen LogP) is 21.7. The van der Waals surface area contributed by atoms with Crippen LogP contribution in [0.2, 0.25) is 0 Å². The van der Waals surface area contributed by atoms with Crippen LogP contribution in [-0.2, 0) is 0 Å². The highest BCUT2D eigenvalue weighted by Gasteiger charge is 2.38. The van der Waals surface area contributed by atoms with Crippen LogP contribution in [0.3, 0.4) is 0 Å². The maximum atomic E-state index is 4.67. The molecule has 0 atom stereocenters. The number of benzene rings is 12. The molecule has 16 aromatic rings. The fourth-order valence-electron chi connectivity index (χ4n) is 13.5. The molecule has 0 aliphatic carbocycles. The Balaban J connectivity index is 0.926. The van der Waals surface area contributed by atoms with Gasteiger partial charge in [-0.1, -0.05) is 164 Å². The zero-order chi connectivity index (χ0) is 52.9. The van der Waals surface area contributed by atoms with Crippen molar-refractivity contribution in [1.29, 1.82) is 0 Å². The van der Waals surface area contributed by atoms with E-state index in [0.29, 0.717) is 0 Å². The van der Waals surface area contributed by atoms with Crippen molar-refractivity contribution in [3.05, 3.63) is 267 Å². The summed E-state index contributed by atoms with van der Waals surface area (Å²) in [5.74, 6) is 0. The van der Waals surface area contributed by atoms with Gasteiger partial charge in [0.15, 0.2) is 0 Å². The fourth-order valence-corrected chi connectivity index (χ4v) is 16.0. The number of hydrogen-bond donors (Lipinski definition) is 0. The maximum Gasteiger partial charge on any atom is 0.0725 e. The molecule has 0 bridgehead atoms. The third-order valence-corrected chi connectivity index (χ3v) is 19.2. The number of thiophene rings is 2. The van der Waals surface area contributed by atoms with E-state index in [-0.39, 0.29) is 0 Å². The second-order valence-electron chi connectivity index (χ2n) is 21.0. The van der Waals surface area contributed by atoms with E-state index >= 15 is 0 Å². The average molecular weight is 1070 g/mol. The highest BCUT2D eigenvalue weighted by atomic mass is 32.1. The van der Waals surface area contributed by atoms with Crippen LogP contribution in [0.15, 0.2) is 267 Å². The Bertz CT molecular complexity index is 5200. The molecule has 0 spiro atoms. The Kier molecular flexibility index (Phi) is 9.45. The van der Waals surface area contributed by atoms with Crippen LogP contribution in [0.1, 0.15) is 0 Å². The highest BCUT2D eigenvalue weighted by Crippen LogP contribution is 2.63. The summed E-state index contributed by atoms with van der Waals surface area (Å²) in [5, 5.41) is 12.1. The topological polar surface area (TPSA) is 30.8 Å². The Morgan fingerprint density at radius 3 is 1.14 bits per heavy atom. The molecule has 18 rings (SSSR count). The average Bonchev–Trinajstić information content (AvgIpc) is 4.39. The molecule has 12 aromatic carbocycles. The summed E-state index contributed by atoms with van der Waals surface area (Å²) in [6.45, 7) is 0. The van der Waals surface area contributed by atoms with Gasteiger partial charge in [-0.05, 0) is 91.0 Å². The molecule has 8 heteroatoms. The molecular formula is C73H44N6S2. The molecule has 0 radical (unpaired) electrons. The van der Waals surface area contributed by atoms with Crippen LogP contribution in [0.4, 0.5) is 68.2 Å². The molecule has 6 heterocycles. The summed E-state index contributed by atoms with van der Waals surface area (Å²) < 4.78 is 7.49. The van der Waals surface area contributed by atoms with Crippen LogP contribution in [0, 0.1) is 0 Å². The largest absolute Gasteiger partial charge is 0.308 e. The molecule has 4 aromatic heterocycles. The summed E-state index contributed by atoms with van der Waals surface area (Å²) in [6.07, 6.45) is 3.83. The summed E-state index contributed by atoms with van der Waals surface area (Å²) in [4.78, 5) is 14.8. The van der Waals surface area contributed by atoms with Gasteiger partial charge in [0, 0.05) is 69.5 Å². The standard InChI is InChI=1S/C73H44N6S2/c1-3-26-51-49(24-1)70(78-60-34-12-9-31-57(60)76(58-32-10-13-35-61(58)78)63-37-17-28-53-47-22-6-15-39-68(47)80-72(53)63)50-25-2-4-27-52(50)71(51)79-62-36-14-11-33-59(62)77(64-38-18-29-54-48-23-7-16-40-69(48)81-73(54)64)66-42-55-46-21-5-8-30-56(46)75(65(55)43-67(66)79)45-20-19-41-74-44-45/h1-44H. The van der Waals surface area contributed by atoms with Crippen LogP contribution in [-0.4, -0.2) is 9.55 Å². The van der Waals surface area contributed by atoms with Crippen molar-refractivity contribution >= 4 is 175 Å². The van der Waals surface area contributed by atoms with Gasteiger partial charge < -0.3 is 24.2 Å². The summed E-state index contributed by atoms with van der Waals surface area (Å²) in [6, 6.07) is 94.3. The van der Waals surface area contributed by atoms with Crippen molar-refractivity contribution in [2.75, 3.05) is 19.6 Å². The SMILES string of the molecule is c1cncc(-n2c3ccccc3c3cc4c(cc32)N(c2c3ccccc3c(N3c5ccccc5N(c5cccc6c5sc5ccccc56)c5ccccc53)c3ccccc23)c2ccccc2N4c2cccc3c2sc2ccccc23)c1. The van der Waals surface area contributed by atoms with E-state index in [4.69, 9.17) is 0 Å². The van der Waals surface area contributed by atoms with Crippen LogP contribution in [0.5, 0.6) is 0 Å². The van der Waals surface area contributed by atoms with E-state index < -0.39 is 0 Å². The lowest BCUT2D eigenvalue weighted by Gasteiger charge is -2.43. The van der Waals surface area contributed by atoms with Gasteiger partial charge in [0.25, 0.3) is 0 Å². The van der Waals surface area contributed by atoms with E-state index in [1.165, 1.54) is 56.8 Å². The van der Waals surface area contributed by atoms with Crippen LogP contribution >= 0.6 is 22.7 Å². The second kappa shape index (κ2) is 17.1. The number of aromatic nitrogens is 2. The third-order valence-electron chi connectivity index (χ3n) is 16.8. The quantitative estimate of drug-likeness (QED) is 0.160. The van der Waals surface area contributed by atoms with E-state index in [1.54, 1.807) is 0 Å². The molecule has 378 valence electrons. The first kappa shape index (κ1) is 44.7. The molecule has 2 aliphatic rings. The summed E-state index contributed by atoms with van der Waals surface area (Å²) >= 11 is 3.74. The lowest BCUT2D eigenvalue weighted by Crippen LogP contribution is -2.25. The number of hydrogen-bond acceptors (Lipinski definition) is 7. The second-order valence-corrected chi connectivity index (χ2v) is 23.1. The Labute approximate surface area is 473 Å². The molecule has 0 saturated carbocycles. The van der Waals surface area contributed by atoms with E-state index in [2.05, 4.69) is 278 Å². The number of nitrogens with zero attached hydrogens (tertiary/aromatic N) is 6. The van der Waals surface area contributed by atoms with Crippen molar-refractivity contribution in [3.63, 3.8) is 0 Å². The first-order valence-corrected chi connectivity index (χ1v) is 29.1. The van der Waals surface area contributed by atoms with Gasteiger partial charge in [0.1, 0.15) is 0 Å². The first-order valence-electron chi connectivity index (χ1n) is 27.4. The molecule has 6 nitrogen and oxygen atoms in total. The molecule has 0 N–H and O–H groups in total. The van der Waals surface area contributed by atoms with Gasteiger partial charge in [-0.3, -0.25) is 4.98 Å². The van der Waals surface area contributed by atoms with E-state index in [1.807, 2.05) is 41.1 Å². The molecule has 0 amide bonds. The molecule has 0 unspecified atom stereocenters. The third kappa shape index (κ3) is 6.28. The minimum atomic E-state index is 1.01. The van der Waals surface area contributed by atoms with Crippen molar-refractivity contribution < 1.29 is 0 Å². The number of rotatable bonds is 5. The summed E-state index contributed by atoms with van der Waals surface area (Å²) in [5.41, 5.74) is 16.7. The minimum Gasteiger partial charge on any atom is -0.308 e. The zero-order valence-electron chi connectivity index (χ0n) is 43.4. The molecule has 0 saturated heterocycles. The lowest BCUT2D eigenvalue weighted by atomic mass is 9.93. The first-order chi connectivity index (χ1) is 40.2. The highest BCUT2D eigenvalue weighted by molar-refractivity contribution is 7.26.